The van der Waals surface area contributed by atoms with E-state index in [2.05, 4.69) is 47.3 Å². The molecule has 2 N–H and O–H groups in total. The van der Waals surface area contributed by atoms with Gasteiger partial charge in [0.05, 0.1) is 40.9 Å². The van der Waals surface area contributed by atoms with Gasteiger partial charge in [-0.3, -0.25) is 4.90 Å². The molecule has 2 aliphatic rings. The summed E-state index contributed by atoms with van der Waals surface area (Å²) < 4.78 is 11.9. The number of fused-ring (bicyclic) bond motifs is 4. The highest BCUT2D eigenvalue weighted by molar-refractivity contribution is 6.34. The third kappa shape index (κ3) is 3.72. The molecule has 6 nitrogen and oxygen atoms in total. The van der Waals surface area contributed by atoms with Crippen molar-refractivity contribution in [3.8, 4) is 0 Å². The normalized spacial score (nSPS) is 17.7. The SMILES string of the molecule is C=C1Nc2c(Cl)cc3cc(CN(C)Cc4cc(CC)no4)oc3c2C2(CCCCC2)N1. The molecule has 3 aromatic rings. The summed E-state index contributed by atoms with van der Waals surface area (Å²) in [6.07, 6.45) is 6.60. The predicted molar refractivity (Wildman–Crippen MR) is 123 cm³/mol. The summed E-state index contributed by atoms with van der Waals surface area (Å²) >= 11 is 6.72. The molecule has 1 aliphatic heterocycles. The van der Waals surface area contributed by atoms with Gasteiger partial charge in [0.2, 0.25) is 0 Å². The second-order valence-electron chi connectivity index (χ2n) is 8.92. The fourth-order valence-electron chi connectivity index (χ4n) is 5.11. The van der Waals surface area contributed by atoms with Crippen LogP contribution in [-0.2, 0) is 25.0 Å². The summed E-state index contributed by atoms with van der Waals surface area (Å²) in [4.78, 5) is 2.17. The third-order valence-corrected chi connectivity index (χ3v) is 6.78. The van der Waals surface area contributed by atoms with Gasteiger partial charge in [-0.2, -0.15) is 0 Å². The first-order chi connectivity index (χ1) is 15.0. The Bertz CT molecular complexity index is 1130. The van der Waals surface area contributed by atoms with Crippen LogP contribution < -0.4 is 10.6 Å². The van der Waals surface area contributed by atoms with Crippen molar-refractivity contribution in [1.29, 1.82) is 0 Å². The molecule has 1 aliphatic carbocycles. The van der Waals surface area contributed by atoms with Crippen molar-refractivity contribution in [2.45, 2.75) is 64.1 Å². The molecule has 7 heteroatoms. The Morgan fingerprint density at radius 1 is 1.16 bits per heavy atom. The van der Waals surface area contributed by atoms with E-state index in [-0.39, 0.29) is 5.54 Å². The zero-order valence-electron chi connectivity index (χ0n) is 18.2. The van der Waals surface area contributed by atoms with Crippen LogP contribution in [0, 0.1) is 0 Å². The average Bonchev–Trinajstić information content (AvgIpc) is 3.34. The molecule has 5 rings (SSSR count). The first kappa shape index (κ1) is 20.5. The molecule has 0 saturated heterocycles. The Hall–Kier alpha value is -2.44. The minimum absolute atomic E-state index is 0.170. The van der Waals surface area contributed by atoms with E-state index in [1.807, 2.05) is 12.1 Å². The maximum atomic E-state index is 6.72. The van der Waals surface area contributed by atoms with Crippen molar-refractivity contribution >= 4 is 28.3 Å². The molecular weight excluding hydrogens is 412 g/mol. The minimum Gasteiger partial charge on any atom is -0.459 e. The lowest BCUT2D eigenvalue weighted by Crippen LogP contribution is -2.48. The molecule has 0 atom stereocenters. The highest BCUT2D eigenvalue weighted by Crippen LogP contribution is 2.49. The highest BCUT2D eigenvalue weighted by atomic mass is 35.5. The number of hydrogen-bond donors (Lipinski definition) is 2. The van der Waals surface area contributed by atoms with Gasteiger partial charge in [-0.1, -0.05) is 49.5 Å². The van der Waals surface area contributed by atoms with Crippen LogP contribution in [0.4, 0.5) is 5.69 Å². The van der Waals surface area contributed by atoms with Gasteiger partial charge in [0, 0.05) is 17.0 Å². The van der Waals surface area contributed by atoms with Gasteiger partial charge >= 0.3 is 0 Å². The third-order valence-electron chi connectivity index (χ3n) is 6.48. The second kappa shape index (κ2) is 7.92. The van der Waals surface area contributed by atoms with Crippen molar-refractivity contribution in [3.63, 3.8) is 0 Å². The Labute approximate surface area is 187 Å². The van der Waals surface area contributed by atoms with Gasteiger partial charge in [-0.25, -0.2) is 0 Å². The van der Waals surface area contributed by atoms with Crippen molar-refractivity contribution < 1.29 is 8.94 Å². The Kier molecular flexibility index (Phi) is 5.22. The fraction of sp³-hybridized carbons (Fsp3) is 0.458. The molecular formula is C24H29ClN4O2. The van der Waals surface area contributed by atoms with Crippen LogP contribution in [0.15, 0.2) is 39.5 Å². The molecule has 1 fully saturated rings. The number of furan rings is 1. The van der Waals surface area contributed by atoms with Crippen LogP contribution in [0.25, 0.3) is 11.0 Å². The van der Waals surface area contributed by atoms with Crippen molar-refractivity contribution in [3.05, 3.63) is 58.4 Å². The predicted octanol–water partition coefficient (Wildman–Crippen LogP) is 5.91. The van der Waals surface area contributed by atoms with E-state index < -0.39 is 0 Å². The number of nitrogens with zero attached hydrogens (tertiary/aromatic N) is 2. The molecule has 0 amide bonds. The first-order valence-electron chi connectivity index (χ1n) is 11.1. The number of aryl methyl sites for hydroxylation is 1. The smallest absolute Gasteiger partial charge is 0.150 e. The topological polar surface area (TPSA) is 66.5 Å². The van der Waals surface area contributed by atoms with Crippen molar-refractivity contribution in [2.24, 2.45) is 0 Å². The zero-order valence-corrected chi connectivity index (χ0v) is 18.9. The van der Waals surface area contributed by atoms with Crippen LogP contribution in [0.1, 0.15) is 61.8 Å². The van der Waals surface area contributed by atoms with Crippen molar-refractivity contribution in [2.75, 3.05) is 12.4 Å². The summed E-state index contributed by atoms with van der Waals surface area (Å²) in [5.74, 6) is 2.58. The summed E-state index contributed by atoms with van der Waals surface area (Å²) in [5.41, 5.74) is 3.82. The van der Waals surface area contributed by atoms with Gasteiger partial charge < -0.3 is 19.6 Å². The van der Waals surface area contributed by atoms with Gasteiger partial charge in [0.25, 0.3) is 0 Å². The van der Waals surface area contributed by atoms with E-state index in [0.717, 1.165) is 64.5 Å². The number of hydrogen-bond acceptors (Lipinski definition) is 6. The zero-order chi connectivity index (χ0) is 21.6. The maximum Gasteiger partial charge on any atom is 0.150 e. The number of aromatic nitrogens is 1. The summed E-state index contributed by atoms with van der Waals surface area (Å²) in [6, 6.07) is 6.12. The average molecular weight is 441 g/mol. The molecule has 0 bridgehead atoms. The largest absolute Gasteiger partial charge is 0.459 e. The number of anilines is 1. The Morgan fingerprint density at radius 2 is 1.94 bits per heavy atom. The molecule has 31 heavy (non-hydrogen) atoms. The molecule has 3 heterocycles. The second-order valence-corrected chi connectivity index (χ2v) is 9.33. The lowest BCUT2D eigenvalue weighted by molar-refractivity contribution is 0.244. The number of nitrogens with one attached hydrogen (secondary N) is 2. The molecule has 164 valence electrons. The monoisotopic (exact) mass is 440 g/mol. The Morgan fingerprint density at radius 3 is 2.68 bits per heavy atom. The quantitative estimate of drug-likeness (QED) is 0.513. The van der Waals surface area contributed by atoms with Gasteiger partial charge in [-0.05, 0) is 38.4 Å². The van der Waals surface area contributed by atoms with E-state index in [1.54, 1.807) is 0 Å². The van der Waals surface area contributed by atoms with Gasteiger partial charge in [-0.15, -0.1) is 0 Å². The molecule has 2 aromatic heterocycles. The first-order valence-corrected chi connectivity index (χ1v) is 11.5. The van der Waals surface area contributed by atoms with E-state index in [1.165, 1.54) is 19.3 Å². The molecule has 1 aromatic carbocycles. The van der Waals surface area contributed by atoms with Crippen molar-refractivity contribution in [1.82, 2.24) is 15.4 Å². The molecule has 1 spiro atoms. The standard InChI is InChI=1S/C24H29ClN4O2/c1-4-17-12-19(31-28-17)14-29(3)13-18-10-16-11-20(25)22-21(23(16)30-18)24(27-15(2)26-22)8-6-5-7-9-24/h10-12,26-27H,2,4-9,13-14H2,1,3H3. The number of halogens is 1. The lowest BCUT2D eigenvalue weighted by Gasteiger charge is -2.44. The molecule has 1 saturated carbocycles. The Balaban J connectivity index is 1.48. The summed E-state index contributed by atoms with van der Waals surface area (Å²) in [5, 5.41) is 12.8. The van der Waals surface area contributed by atoms with Crippen LogP contribution >= 0.6 is 11.6 Å². The van der Waals surface area contributed by atoms with E-state index in [4.69, 9.17) is 20.5 Å². The van der Waals surface area contributed by atoms with Crippen LogP contribution in [-0.4, -0.2) is 17.1 Å². The molecule has 0 unspecified atom stereocenters. The van der Waals surface area contributed by atoms with Crippen LogP contribution in [0.2, 0.25) is 5.02 Å². The summed E-state index contributed by atoms with van der Waals surface area (Å²) in [6.45, 7) is 7.56. The summed E-state index contributed by atoms with van der Waals surface area (Å²) in [7, 11) is 2.06. The van der Waals surface area contributed by atoms with E-state index in [0.29, 0.717) is 18.1 Å². The van der Waals surface area contributed by atoms with Crippen LogP contribution in [0.5, 0.6) is 0 Å². The van der Waals surface area contributed by atoms with Gasteiger partial charge in [0.15, 0.2) is 5.76 Å². The van der Waals surface area contributed by atoms with E-state index >= 15 is 0 Å². The lowest BCUT2D eigenvalue weighted by atomic mass is 9.74. The molecule has 0 radical (unpaired) electrons. The fourth-order valence-corrected chi connectivity index (χ4v) is 5.37. The highest BCUT2D eigenvalue weighted by Gasteiger charge is 2.42. The number of benzene rings is 1. The maximum absolute atomic E-state index is 6.72. The number of rotatable bonds is 5. The minimum atomic E-state index is -0.170. The van der Waals surface area contributed by atoms with Gasteiger partial charge in [0.1, 0.15) is 11.3 Å². The van der Waals surface area contributed by atoms with Crippen LogP contribution in [0.3, 0.4) is 0 Å². The van der Waals surface area contributed by atoms with E-state index in [9.17, 15) is 0 Å².